The summed E-state index contributed by atoms with van der Waals surface area (Å²) in [6.07, 6.45) is -2.07. The van der Waals surface area contributed by atoms with Crippen LogP contribution in [0.1, 0.15) is 26.2 Å². The van der Waals surface area contributed by atoms with Crippen molar-refractivity contribution in [2.24, 2.45) is 5.92 Å². The van der Waals surface area contributed by atoms with Gasteiger partial charge in [-0.2, -0.15) is 13.2 Å². The van der Waals surface area contributed by atoms with Crippen molar-refractivity contribution in [2.75, 3.05) is 13.2 Å². The molecule has 1 aliphatic carbocycles. The number of nitrogens with one attached hydrogen (secondary N) is 1. The average Bonchev–Trinajstić information content (AvgIpc) is 2.44. The maximum Gasteiger partial charge on any atom is 0.401 e. The first-order chi connectivity index (χ1) is 6.37. The zero-order chi connectivity index (χ0) is 10.8. The SMILES string of the molecule is CC1CCC(CO)(NCC(F)(F)F)C1. The van der Waals surface area contributed by atoms with E-state index in [1.54, 1.807) is 0 Å². The fourth-order valence-corrected chi connectivity index (χ4v) is 2.04. The number of alkyl halides is 3. The lowest BCUT2D eigenvalue weighted by Gasteiger charge is -2.29. The Balaban J connectivity index is 2.47. The van der Waals surface area contributed by atoms with Gasteiger partial charge in [-0.1, -0.05) is 6.92 Å². The Kier molecular flexibility index (Phi) is 3.42. The first-order valence-corrected chi connectivity index (χ1v) is 4.79. The van der Waals surface area contributed by atoms with Crippen molar-refractivity contribution in [1.82, 2.24) is 5.32 Å². The van der Waals surface area contributed by atoms with Gasteiger partial charge in [0.1, 0.15) is 0 Å². The fourth-order valence-electron chi connectivity index (χ4n) is 2.04. The number of aliphatic hydroxyl groups excluding tert-OH is 1. The molecule has 1 fully saturated rings. The van der Waals surface area contributed by atoms with Gasteiger partial charge in [-0.3, -0.25) is 0 Å². The fraction of sp³-hybridized carbons (Fsp3) is 1.00. The molecule has 0 aromatic rings. The summed E-state index contributed by atoms with van der Waals surface area (Å²) in [5.41, 5.74) is -0.699. The topological polar surface area (TPSA) is 32.3 Å². The van der Waals surface area contributed by atoms with Crippen LogP contribution in [0.2, 0.25) is 0 Å². The minimum atomic E-state index is -4.20. The summed E-state index contributed by atoms with van der Waals surface area (Å²) in [5, 5.41) is 11.5. The summed E-state index contributed by atoms with van der Waals surface area (Å²) < 4.78 is 35.9. The van der Waals surface area contributed by atoms with Crippen molar-refractivity contribution in [3.8, 4) is 0 Å². The summed E-state index contributed by atoms with van der Waals surface area (Å²) in [4.78, 5) is 0. The number of aliphatic hydroxyl groups is 1. The van der Waals surface area contributed by atoms with E-state index in [-0.39, 0.29) is 6.61 Å². The Morgan fingerprint density at radius 3 is 2.50 bits per heavy atom. The van der Waals surface area contributed by atoms with Crippen LogP contribution < -0.4 is 5.32 Å². The maximum absolute atomic E-state index is 12.0. The van der Waals surface area contributed by atoms with Gasteiger partial charge in [-0.05, 0) is 25.2 Å². The highest BCUT2D eigenvalue weighted by Gasteiger charge is 2.39. The summed E-state index contributed by atoms with van der Waals surface area (Å²) in [5.74, 6) is 0.392. The predicted molar refractivity (Wildman–Crippen MR) is 46.9 cm³/mol. The van der Waals surface area contributed by atoms with E-state index in [0.29, 0.717) is 18.8 Å². The van der Waals surface area contributed by atoms with Crippen molar-refractivity contribution < 1.29 is 18.3 Å². The van der Waals surface area contributed by atoms with Crippen LogP contribution in [-0.2, 0) is 0 Å². The highest BCUT2D eigenvalue weighted by atomic mass is 19.4. The third kappa shape index (κ3) is 3.13. The minimum absolute atomic E-state index is 0.215. The van der Waals surface area contributed by atoms with Crippen molar-refractivity contribution in [1.29, 1.82) is 0 Å². The second-order valence-corrected chi connectivity index (χ2v) is 4.26. The lowest BCUT2D eigenvalue weighted by atomic mass is 9.97. The van der Waals surface area contributed by atoms with Gasteiger partial charge in [-0.15, -0.1) is 0 Å². The normalized spacial score (nSPS) is 33.6. The summed E-state index contributed by atoms with van der Waals surface area (Å²) in [7, 11) is 0. The molecule has 2 unspecified atom stereocenters. The summed E-state index contributed by atoms with van der Waals surface area (Å²) in [6.45, 7) is 0.764. The van der Waals surface area contributed by atoms with Gasteiger partial charge in [-0.25, -0.2) is 0 Å². The largest absolute Gasteiger partial charge is 0.401 e. The molecule has 0 aromatic heterocycles. The Morgan fingerprint density at radius 2 is 2.14 bits per heavy atom. The van der Waals surface area contributed by atoms with Gasteiger partial charge in [0.25, 0.3) is 0 Å². The standard InChI is InChI=1S/C9H16F3NO/c1-7-2-3-8(4-7,6-14)13-5-9(10,11)12/h7,13-14H,2-6H2,1H3. The van der Waals surface area contributed by atoms with Crippen molar-refractivity contribution in [3.63, 3.8) is 0 Å². The monoisotopic (exact) mass is 211 g/mol. The molecule has 0 spiro atoms. The van der Waals surface area contributed by atoms with Crippen LogP contribution in [0, 0.1) is 5.92 Å². The second kappa shape index (κ2) is 4.06. The Hall–Kier alpha value is -0.290. The average molecular weight is 211 g/mol. The van der Waals surface area contributed by atoms with Crippen LogP contribution in [0.5, 0.6) is 0 Å². The van der Waals surface area contributed by atoms with E-state index in [4.69, 9.17) is 5.11 Å². The van der Waals surface area contributed by atoms with E-state index in [1.807, 2.05) is 6.92 Å². The van der Waals surface area contributed by atoms with Crippen LogP contribution in [0.25, 0.3) is 0 Å². The quantitative estimate of drug-likeness (QED) is 0.744. The van der Waals surface area contributed by atoms with Gasteiger partial charge in [0.2, 0.25) is 0 Å². The summed E-state index contributed by atoms with van der Waals surface area (Å²) >= 11 is 0. The zero-order valence-corrected chi connectivity index (χ0v) is 8.19. The molecule has 14 heavy (non-hydrogen) atoms. The van der Waals surface area contributed by atoms with Gasteiger partial charge in [0.05, 0.1) is 13.2 Å². The van der Waals surface area contributed by atoms with E-state index in [9.17, 15) is 13.2 Å². The molecule has 0 aliphatic heterocycles. The van der Waals surface area contributed by atoms with E-state index >= 15 is 0 Å². The van der Waals surface area contributed by atoms with Gasteiger partial charge in [0.15, 0.2) is 0 Å². The molecular formula is C9H16F3NO. The third-order valence-corrected chi connectivity index (χ3v) is 2.82. The second-order valence-electron chi connectivity index (χ2n) is 4.26. The molecule has 0 bridgehead atoms. The van der Waals surface area contributed by atoms with Crippen molar-refractivity contribution in [3.05, 3.63) is 0 Å². The van der Waals surface area contributed by atoms with E-state index in [1.165, 1.54) is 0 Å². The van der Waals surface area contributed by atoms with Crippen molar-refractivity contribution >= 4 is 0 Å². The Bertz CT molecular complexity index is 195. The predicted octanol–water partition coefficient (Wildman–Crippen LogP) is 1.69. The van der Waals surface area contributed by atoms with Crippen LogP contribution >= 0.6 is 0 Å². The van der Waals surface area contributed by atoms with Crippen LogP contribution in [0.3, 0.4) is 0 Å². The maximum atomic E-state index is 12.0. The molecular weight excluding hydrogens is 195 g/mol. The lowest BCUT2D eigenvalue weighted by molar-refractivity contribution is -0.129. The Labute approximate surface area is 81.5 Å². The zero-order valence-electron chi connectivity index (χ0n) is 8.19. The molecule has 2 atom stereocenters. The molecule has 1 aliphatic rings. The number of halogens is 3. The first kappa shape index (κ1) is 11.8. The molecule has 0 amide bonds. The number of rotatable bonds is 3. The molecule has 2 nitrogen and oxygen atoms in total. The van der Waals surface area contributed by atoms with Gasteiger partial charge < -0.3 is 10.4 Å². The van der Waals surface area contributed by atoms with E-state index < -0.39 is 18.3 Å². The van der Waals surface area contributed by atoms with E-state index in [2.05, 4.69) is 5.32 Å². The molecule has 0 aromatic carbocycles. The van der Waals surface area contributed by atoms with Crippen LogP contribution in [-0.4, -0.2) is 30.0 Å². The molecule has 1 saturated carbocycles. The smallest absolute Gasteiger partial charge is 0.394 e. The molecule has 1 rings (SSSR count). The molecule has 84 valence electrons. The Morgan fingerprint density at radius 1 is 1.50 bits per heavy atom. The van der Waals surface area contributed by atoms with Crippen molar-refractivity contribution in [2.45, 2.75) is 37.9 Å². The third-order valence-electron chi connectivity index (χ3n) is 2.82. The highest BCUT2D eigenvalue weighted by molar-refractivity contribution is 4.95. The summed E-state index contributed by atoms with van der Waals surface area (Å²) in [6, 6.07) is 0. The molecule has 5 heteroatoms. The number of hydrogen-bond acceptors (Lipinski definition) is 2. The van der Waals surface area contributed by atoms with Crippen LogP contribution in [0.15, 0.2) is 0 Å². The molecule has 0 radical (unpaired) electrons. The number of hydrogen-bond donors (Lipinski definition) is 2. The molecule has 2 N–H and O–H groups in total. The highest BCUT2D eigenvalue weighted by Crippen LogP contribution is 2.34. The lowest BCUT2D eigenvalue weighted by Crippen LogP contribution is -2.50. The minimum Gasteiger partial charge on any atom is -0.394 e. The van der Waals surface area contributed by atoms with E-state index in [0.717, 1.165) is 6.42 Å². The first-order valence-electron chi connectivity index (χ1n) is 4.79. The van der Waals surface area contributed by atoms with Gasteiger partial charge in [0, 0.05) is 5.54 Å². The van der Waals surface area contributed by atoms with Gasteiger partial charge >= 0.3 is 6.18 Å². The van der Waals surface area contributed by atoms with Crippen LogP contribution in [0.4, 0.5) is 13.2 Å². The molecule has 0 saturated heterocycles. The molecule has 0 heterocycles.